The minimum Gasteiger partial charge on any atom is -0.396 e. The highest BCUT2D eigenvalue weighted by Gasteiger charge is 2.30. The minimum atomic E-state index is 0.391. The smallest absolute Gasteiger partial charge is 0.0431 e. The van der Waals surface area contributed by atoms with Crippen molar-refractivity contribution in [1.82, 2.24) is 0 Å². The number of aliphatic hydroxyl groups excluding tert-OH is 1. The highest BCUT2D eigenvalue weighted by molar-refractivity contribution is 4.82. The van der Waals surface area contributed by atoms with Gasteiger partial charge in [0.1, 0.15) is 0 Å². The molecule has 21 heavy (non-hydrogen) atoms. The minimum absolute atomic E-state index is 0.391. The van der Waals surface area contributed by atoms with Crippen molar-refractivity contribution in [3.63, 3.8) is 0 Å². The molecule has 0 heterocycles. The van der Waals surface area contributed by atoms with Gasteiger partial charge >= 0.3 is 0 Å². The summed E-state index contributed by atoms with van der Waals surface area (Å²) >= 11 is 0. The fourth-order valence-electron chi connectivity index (χ4n) is 4.96. The summed E-state index contributed by atoms with van der Waals surface area (Å²) in [6.07, 6.45) is 20.1. The lowest BCUT2D eigenvalue weighted by atomic mass is 9.68. The second-order valence-corrected chi connectivity index (χ2v) is 7.92. The fraction of sp³-hybridized carbons (Fsp3) is 1.00. The summed E-state index contributed by atoms with van der Waals surface area (Å²) in [4.78, 5) is 0. The first kappa shape index (κ1) is 17.3. The Morgan fingerprint density at radius 3 is 1.57 bits per heavy atom. The van der Waals surface area contributed by atoms with Crippen molar-refractivity contribution in [3.8, 4) is 0 Å². The van der Waals surface area contributed by atoms with Crippen LogP contribution in [0.2, 0.25) is 0 Å². The molecule has 0 unspecified atom stereocenters. The zero-order valence-corrected chi connectivity index (χ0v) is 14.4. The zero-order chi connectivity index (χ0) is 14.9. The van der Waals surface area contributed by atoms with E-state index >= 15 is 0 Å². The van der Waals surface area contributed by atoms with Crippen molar-refractivity contribution >= 4 is 0 Å². The van der Waals surface area contributed by atoms with Crippen molar-refractivity contribution in [2.24, 2.45) is 23.7 Å². The molecule has 0 aromatic heterocycles. The summed E-state index contributed by atoms with van der Waals surface area (Å²) in [5.74, 6) is 4.10. The van der Waals surface area contributed by atoms with Crippen molar-refractivity contribution in [3.05, 3.63) is 0 Å². The van der Waals surface area contributed by atoms with Gasteiger partial charge in [-0.25, -0.2) is 0 Å². The second kappa shape index (κ2) is 9.87. The van der Waals surface area contributed by atoms with Crippen molar-refractivity contribution in [1.29, 1.82) is 0 Å². The van der Waals surface area contributed by atoms with Crippen LogP contribution in [0.5, 0.6) is 0 Å². The molecular formula is C20H38O. The maximum atomic E-state index is 8.95. The monoisotopic (exact) mass is 294 g/mol. The number of hydrogen-bond acceptors (Lipinski definition) is 1. The Morgan fingerprint density at radius 1 is 0.667 bits per heavy atom. The molecule has 1 nitrogen and oxygen atoms in total. The Hall–Kier alpha value is -0.0400. The summed E-state index contributed by atoms with van der Waals surface area (Å²) in [7, 11) is 0. The highest BCUT2D eigenvalue weighted by Crippen LogP contribution is 2.42. The van der Waals surface area contributed by atoms with Gasteiger partial charge in [-0.2, -0.15) is 0 Å². The van der Waals surface area contributed by atoms with E-state index in [-0.39, 0.29) is 0 Å². The van der Waals surface area contributed by atoms with E-state index in [1.165, 1.54) is 83.5 Å². The van der Waals surface area contributed by atoms with Gasteiger partial charge in [-0.1, -0.05) is 58.3 Å². The Balaban J connectivity index is 1.60. The molecule has 0 aromatic carbocycles. The fourth-order valence-corrected chi connectivity index (χ4v) is 4.96. The molecule has 0 spiro atoms. The molecule has 0 aliphatic heterocycles. The van der Waals surface area contributed by atoms with Gasteiger partial charge in [0.05, 0.1) is 0 Å². The molecular weight excluding hydrogens is 256 g/mol. The first-order valence-corrected chi connectivity index (χ1v) is 9.94. The molecule has 0 bridgehead atoms. The van der Waals surface area contributed by atoms with Gasteiger partial charge < -0.3 is 5.11 Å². The van der Waals surface area contributed by atoms with E-state index in [0.29, 0.717) is 6.61 Å². The van der Waals surface area contributed by atoms with E-state index in [1.807, 2.05) is 0 Å². The third-order valence-electron chi connectivity index (χ3n) is 6.44. The summed E-state index contributed by atoms with van der Waals surface area (Å²) < 4.78 is 0. The largest absolute Gasteiger partial charge is 0.396 e. The van der Waals surface area contributed by atoms with Crippen LogP contribution in [0.4, 0.5) is 0 Å². The van der Waals surface area contributed by atoms with Crippen LogP contribution in [0.1, 0.15) is 96.8 Å². The van der Waals surface area contributed by atoms with Crippen molar-refractivity contribution in [2.75, 3.05) is 6.61 Å². The first-order valence-electron chi connectivity index (χ1n) is 9.94. The van der Waals surface area contributed by atoms with Crippen molar-refractivity contribution < 1.29 is 5.11 Å². The van der Waals surface area contributed by atoms with Crippen LogP contribution in [0.25, 0.3) is 0 Å². The molecule has 0 aromatic rings. The van der Waals surface area contributed by atoms with Gasteiger partial charge in [-0.15, -0.1) is 0 Å². The molecule has 124 valence electrons. The van der Waals surface area contributed by atoms with E-state index < -0.39 is 0 Å². The maximum absolute atomic E-state index is 8.95. The lowest BCUT2D eigenvalue weighted by molar-refractivity contribution is 0.137. The van der Waals surface area contributed by atoms with Gasteiger partial charge in [-0.3, -0.25) is 0 Å². The van der Waals surface area contributed by atoms with E-state index in [2.05, 4.69) is 6.92 Å². The van der Waals surface area contributed by atoms with Crippen molar-refractivity contribution in [2.45, 2.75) is 96.8 Å². The first-order chi connectivity index (χ1) is 10.3. The van der Waals surface area contributed by atoms with Crippen LogP contribution in [-0.2, 0) is 0 Å². The quantitative estimate of drug-likeness (QED) is 0.548. The third kappa shape index (κ3) is 5.93. The average molecular weight is 295 g/mol. The molecule has 2 aliphatic carbocycles. The Morgan fingerprint density at radius 2 is 1.14 bits per heavy atom. The molecule has 0 amide bonds. The molecule has 0 atom stereocenters. The molecule has 1 heteroatoms. The van der Waals surface area contributed by atoms with E-state index in [1.54, 1.807) is 0 Å². The van der Waals surface area contributed by atoms with Gasteiger partial charge in [0.25, 0.3) is 0 Å². The molecule has 2 saturated carbocycles. The number of aliphatic hydroxyl groups is 1. The Labute approximate surface area is 132 Å². The van der Waals surface area contributed by atoms with Crippen LogP contribution in [0.3, 0.4) is 0 Å². The summed E-state index contributed by atoms with van der Waals surface area (Å²) in [5.41, 5.74) is 0. The number of rotatable bonds is 8. The van der Waals surface area contributed by atoms with Crippen LogP contribution in [-0.4, -0.2) is 11.7 Å². The predicted octanol–water partition coefficient (Wildman–Crippen LogP) is 5.95. The average Bonchev–Trinajstić information content (AvgIpc) is 2.54. The Bertz CT molecular complexity index is 247. The van der Waals surface area contributed by atoms with E-state index in [0.717, 1.165) is 30.1 Å². The van der Waals surface area contributed by atoms with Gasteiger partial charge in [0, 0.05) is 6.61 Å². The summed E-state index contributed by atoms with van der Waals surface area (Å²) in [6, 6.07) is 0. The maximum Gasteiger partial charge on any atom is 0.0431 e. The molecule has 2 fully saturated rings. The van der Waals surface area contributed by atoms with Crippen LogP contribution in [0.15, 0.2) is 0 Å². The van der Waals surface area contributed by atoms with E-state index in [9.17, 15) is 0 Å². The van der Waals surface area contributed by atoms with Gasteiger partial charge in [-0.05, 0) is 62.2 Å². The van der Waals surface area contributed by atoms with Crippen LogP contribution < -0.4 is 0 Å². The van der Waals surface area contributed by atoms with Crippen LogP contribution in [0, 0.1) is 23.7 Å². The topological polar surface area (TPSA) is 20.2 Å². The van der Waals surface area contributed by atoms with Gasteiger partial charge in [0.15, 0.2) is 0 Å². The number of hydrogen-bond donors (Lipinski definition) is 1. The summed E-state index contributed by atoms with van der Waals surface area (Å²) in [5, 5.41) is 8.95. The predicted molar refractivity (Wildman–Crippen MR) is 91.4 cm³/mol. The standard InChI is InChI=1S/C20H38O/c1-2-3-4-6-17-8-12-19(13-9-17)20-14-10-18(11-15-20)7-5-16-21/h17-21H,2-16H2,1H3. The highest BCUT2D eigenvalue weighted by atomic mass is 16.2. The lowest BCUT2D eigenvalue weighted by Crippen LogP contribution is -2.26. The Kier molecular flexibility index (Phi) is 8.14. The second-order valence-electron chi connectivity index (χ2n) is 7.92. The van der Waals surface area contributed by atoms with Crippen LogP contribution >= 0.6 is 0 Å². The molecule has 1 N–H and O–H groups in total. The number of unbranched alkanes of at least 4 members (excludes halogenated alkanes) is 2. The summed E-state index contributed by atoms with van der Waals surface area (Å²) in [6.45, 7) is 2.70. The van der Waals surface area contributed by atoms with E-state index in [4.69, 9.17) is 5.11 Å². The lowest BCUT2D eigenvalue weighted by Gasteiger charge is -2.38. The molecule has 2 rings (SSSR count). The molecule has 0 saturated heterocycles. The molecule has 0 radical (unpaired) electrons. The van der Waals surface area contributed by atoms with Gasteiger partial charge in [0.2, 0.25) is 0 Å². The zero-order valence-electron chi connectivity index (χ0n) is 14.4. The third-order valence-corrected chi connectivity index (χ3v) is 6.44. The normalized spacial score (nSPS) is 34.0. The SMILES string of the molecule is CCCCCC1CCC(C2CCC(CCCO)CC2)CC1. The molecule has 2 aliphatic rings.